The predicted molar refractivity (Wildman–Crippen MR) is 58.2 cm³/mol. The molecule has 1 fully saturated rings. The van der Waals surface area contributed by atoms with E-state index in [1.165, 1.54) is 0 Å². The number of amides is 1. The Bertz CT molecular complexity index is 321. The van der Waals surface area contributed by atoms with E-state index in [0.717, 1.165) is 24.4 Å². The third kappa shape index (κ3) is 3.96. The summed E-state index contributed by atoms with van der Waals surface area (Å²) in [5, 5.41) is 3.51. The highest BCUT2D eigenvalue weighted by molar-refractivity contribution is 9.09. The molecule has 1 amide bonds. The molecule has 0 atom stereocenters. The summed E-state index contributed by atoms with van der Waals surface area (Å²) in [4.78, 5) is 11.1. The summed E-state index contributed by atoms with van der Waals surface area (Å²) >= 11 is 3.38. The molecular weight excluding hydrogens is 270 g/mol. The fourth-order valence-electron chi connectivity index (χ4n) is 1.11. The van der Waals surface area contributed by atoms with Crippen LogP contribution >= 0.6 is 15.9 Å². The van der Waals surface area contributed by atoms with E-state index in [1.54, 1.807) is 0 Å². The van der Waals surface area contributed by atoms with Gasteiger partial charge in [-0.1, -0.05) is 15.9 Å². The highest BCUT2D eigenvalue weighted by Crippen LogP contribution is 2.46. The molecule has 0 spiro atoms. The second-order valence-electron chi connectivity index (χ2n) is 3.98. The fraction of sp³-hybridized carbons (Fsp3) is 0.875. The van der Waals surface area contributed by atoms with Crippen molar-refractivity contribution in [1.82, 2.24) is 5.32 Å². The van der Waals surface area contributed by atoms with Crippen molar-refractivity contribution < 1.29 is 13.2 Å². The van der Waals surface area contributed by atoms with Crippen LogP contribution in [0.2, 0.25) is 0 Å². The summed E-state index contributed by atoms with van der Waals surface area (Å²) in [5.74, 6) is -0.814. The summed E-state index contributed by atoms with van der Waals surface area (Å²) in [6, 6.07) is 0. The van der Waals surface area contributed by atoms with Crippen LogP contribution in [0.3, 0.4) is 0 Å². The molecule has 0 bridgehead atoms. The van der Waals surface area contributed by atoms with Gasteiger partial charge in [0, 0.05) is 18.1 Å². The monoisotopic (exact) mass is 283 g/mol. The largest absolute Gasteiger partial charge is 0.355 e. The Morgan fingerprint density at radius 1 is 1.50 bits per heavy atom. The minimum absolute atomic E-state index is 0.188. The summed E-state index contributed by atoms with van der Waals surface area (Å²) in [6.07, 6.45) is 3.25. The van der Waals surface area contributed by atoms with E-state index in [1.807, 2.05) is 0 Å². The molecule has 0 unspecified atom stereocenters. The SMILES string of the molecule is CS(=O)(=O)CC(=O)NCC1(CBr)CC1. The molecule has 0 aromatic heterocycles. The molecule has 1 aliphatic rings. The van der Waals surface area contributed by atoms with Crippen molar-refractivity contribution in [2.75, 3.05) is 23.9 Å². The zero-order chi connectivity index (χ0) is 10.8. The minimum Gasteiger partial charge on any atom is -0.355 e. The van der Waals surface area contributed by atoms with E-state index in [4.69, 9.17) is 0 Å². The van der Waals surface area contributed by atoms with Gasteiger partial charge in [-0.3, -0.25) is 4.79 Å². The van der Waals surface area contributed by atoms with Gasteiger partial charge in [0.15, 0.2) is 9.84 Å². The fourth-order valence-corrected chi connectivity index (χ4v) is 2.45. The number of sulfone groups is 1. The van der Waals surface area contributed by atoms with Gasteiger partial charge in [0.1, 0.15) is 5.75 Å². The lowest BCUT2D eigenvalue weighted by Crippen LogP contribution is -2.34. The molecule has 0 aromatic rings. The van der Waals surface area contributed by atoms with Crippen molar-refractivity contribution in [2.45, 2.75) is 12.8 Å². The summed E-state index contributed by atoms with van der Waals surface area (Å²) < 4.78 is 21.6. The Morgan fingerprint density at radius 3 is 2.43 bits per heavy atom. The van der Waals surface area contributed by atoms with Crippen LogP contribution in [-0.4, -0.2) is 38.2 Å². The molecule has 1 saturated carbocycles. The lowest BCUT2D eigenvalue weighted by Gasteiger charge is -2.11. The van der Waals surface area contributed by atoms with Crippen LogP contribution in [-0.2, 0) is 14.6 Å². The Hall–Kier alpha value is -0.100. The molecule has 0 aromatic carbocycles. The van der Waals surface area contributed by atoms with Crippen molar-refractivity contribution in [2.24, 2.45) is 5.41 Å². The van der Waals surface area contributed by atoms with Gasteiger partial charge in [0.05, 0.1) is 0 Å². The summed E-state index contributed by atoms with van der Waals surface area (Å²) in [7, 11) is -3.20. The highest BCUT2D eigenvalue weighted by Gasteiger charge is 2.41. The molecule has 4 nitrogen and oxygen atoms in total. The second-order valence-corrected chi connectivity index (χ2v) is 6.68. The highest BCUT2D eigenvalue weighted by atomic mass is 79.9. The normalized spacial score (nSPS) is 19.0. The van der Waals surface area contributed by atoms with Crippen molar-refractivity contribution in [3.63, 3.8) is 0 Å². The van der Waals surface area contributed by atoms with Crippen molar-refractivity contribution >= 4 is 31.7 Å². The van der Waals surface area contributed by atoms with Gasteiger partial charge in [-0.05, 0) is 18.3 Å². The van der Waals surface area contributed by atoms with Crippen molar-refractivity contribution in [1.29, 1.82) is 0 Å². The van der Waals surface area contributed by atoms with Gasteiger partial charge in [0.2, 0.25) is 5.91 Å². The average molecular weight is 284 g/mol. The molecule has 0 heterocycles. The molecule has 82 valence electrons. The first kappa shape index (κ1) is 12.0. The molecule has 1 rings (SSSR count). The van der Waals surface area contributed by atoms with Gasteiger partial charge in [-0.25, -0.2) is 8.42 Å². The van der Waals surface area contributed by atoms with Crippen molar-refractivity contribution in [3.05, 3.63) is 0 Å². The number of carbonyl (C=O) groups is 1. The van der Waals surface area contributed by atoms with Crippen LogP contribution < -0.4 is 5.32 Å². The first-order chi connectivity index (χ1) is 6.37. The molecule has 6 heteroatoms. The summed E-state index contributed by atoms with van der Waals surface area (Å²) in [6.45, 7) is 0.576. The average Bonchev–Trinajstić information content (AvgIpc) is 2.78. The number of hydrogen-bond donors (Lipinski definition) is 1. The van der Waals surface area contributed by atoms with E-state index in [9.17, 15) is 13.2 Å². The third-order valence-corrected chi connectivity index (χ3v) is 4.27. The Kier molecular flexibility index (Phi) is 3.58. The van der Waals surface area contributed by atoms with Crippen molar-refractivity contribution in [3.8, 4) is 0 Å². The van der Waals surface area contributed by atoms with Crippen LogP contribution in [0.15, 0.2) is 0 Å². The standard InChI is InChI=1S/C8H14BrNO3S/c1-14(12,13)4-7(11)10-6-8(5-9)2-3-8/h2-6H2,1H3,(H,10,11). The minimum atomic E-state index is -3.20. The molecule has 0 radical (unpaired) electrons. The van der Waals surface area contributed by atoms with Crippen LogP contribution in [0, 0.1) is 5.41 Å². The maximum absolute atomic E-state index is 11.1. The van der Waals surface area contributed by atoms with Gasteiger partial charge in [-0.2, -0.15) is 0 Å². The van der Waals surface area contributed by atoms with Crippen LogP contribution in [0.1, 0.15) is 12.8 Å². The lowest BCUT2D eigenvalue weighted by molar-refractivity contribution is -0.118. The number of carbonyl (C=O) groups excluding carboxylic acids is 1. The van der Waals surface area contributed by atoms with Crippen LogP contribution in [0.4, 0.5) is 0 Å². The van der Waals surface area contributed by atoms with Gasteiger partial charge < -0.3 is 5.32 Å². The Balaban J connectivity index is 2.29. The maximum atomic E-state index is 11.1. The first-order valence-corrected chi connectivity index (χ1v) is 7.55. The molecule has 14 heavy (non-hydrogen) atoms. The van der Waals surface area contributed by atoms with Gasteiger partial charge in [0.25, 0.3) is 0 Å². The van der Waals surface area contributed by atoms with Crippen LogP contribution in [0.5, 0.6) is 0 Å². The van der Waals surface area contributed by atoms with Crippen LogP contribution in [0.25, 0.3) is 0 Å². The molecule has 0 aliphatic heterocycles. The number of alkyl halides is 1. The Labute approximate surface area is 92.5 Å². The van der Waals surface area contributed by atoms with E-state index >= 15 is 0 Å². The van der Waals surface area contributed by atoms with E-state index < -0.39 is 21.5 Å². The van der Waals surface area contributed by atoms with E-state index in [2.05, 4.69) is 21.2 Å². The number of halogens is 1. The number of rotatable bonds is 5. The zero-order valence-corrected chi connectivity index (χ0v) is 10.4. The third-order valence-electron chi connectivity index (χ3n) is 2.29. The second kappa shape index (κ2) is 4.18. The predicted octanol–water partition coefficient (Wildman–Crippen LogP) is 0.322. The van der Waals surface area contributed by atoms with Gasteiger partial charge >= 0.3 is 0 Å². The first-order valence-electron chi connectivity index (χ1n) is 4.37. The number of nitrogens with one attached hydrogen (secondary N) is 1. The smallest absolute Gasteiger partial charge is 0.235 e. The van der Waals surface area contributed by atoms with E-state index in [0.29, 0.717) is 6.54 Å². The molecule has 1 aliphatic carbocycles. The molecule has 1 N–H and O–H groups in total. The Morgan fingerprint density at radius 2 is 2.07 bits per heavy atom. The number of hydrogen-bond acceptors (Lipinski definition) is 3. The van der Waals surface area contributed by atoms with E-state index in [-0.39, 0.29) is 5.41 Å². The van der Waals surface area contributed by atoms with Gasteiger partial charge in [-0.15, -0.1) is 0 Å². The topological polar surface area (TPSA) is 63.2 Å². The molecule has 0 saturated heterocycles. The summed E-state index contributed by atoms with van der Waals surface area (Å²) in [5.41, 5.74) is 0.188. The quantitative estimate of drug-likeness (QED) is 0.740. The zero-order valence-electron chi connectivity index (χ0n) is 8.05. The molecular formula is C8H14BrNO3S. The maximum Gasteiger partial charge on any atom is 0.235 e. The lowest BCUT2D eigenvalue weighted by atomic mass is 10.1.